The number of halogens is 5. The Morgan fingerprint density at radius 3 is 2.08 bits per heavy atom. The second kappa shape index (κ2) is 6.74. The Balaban J connectivity index is 2.40. The molecule has 0 saturated carbocycles. The van der Waals surface area contributed by atoms with Crippen LogP contribution in [-0.2, 0) is 16.2 Å². The normalized spacial score (nSPS) is 12.0. The van der Waals surface area contributed by atoms with Gasteiger partial charge in [-0.3, -0.25) is 4.72 Å². The molecular formula is C14H8Cl2F3NO4S. The highest BCUT2D eigenvalue weighted by Crippen LogP contribution is 2.32. The van der Waals surface area contributed by atoms with E-state index >= 15 is 0 Å². The Hall–Kier alpha value is -1.97. The van der Waals surface area contributed by atoms with Gasteiger partial charge in [0, 0.05) is 5.69 Å². The molecule has 5 nitrogen and oxygen atoms in total. The molecule has 25 heavy (non-hydrogen) atoms. The summed E-state index contributed by atoms with van der Waals surface area (Å²) >= 11 is 11.5. The van der Waals surface area contributed by atoms with Gasteiger partial charge in [-0.25, -0.2) is 13.2 Å². The molecule has 2 aromatic rings. The molecule has 0 aliphatic rings. The van der Waals surface area contributed by atoms with Crippen LogP contribution in [0.5, 0.6) is 0 Å². The van der Waals surface area contributed by atoms with Gasteiger partial charge in [-0.2, -0.15) is 13.2 Å². The number of hydrogen-bond acceptors (Lipinski definition) is 3. The zero-order valence-corrected chi connectivity index (χ0v) is 14.3. The molecule has 11 heteroatoms. The Bertz CT molecular complexity index is 928. The number of carboxylic acids is 1. The standard InChI is InChI=1S/C14H8Cl2F3NO4S/c15-10-6-11(16)12(5-9(10)13(21)22)25(23,24)20-8-3-1-7(2-4-8)14(17,18)19/h1-6,20H,(H,21,22). The number of nitrogens with one attached hydrogen (secondary N) is 1. The third-order valence-electron chi connectivity index (χ3n) is 3.01. The first-order valence-electron chi connectivity index (χ1n) is 6.34. The molecule has 0 unspecified atom stereocenters. The molecule has 0 spiro atoms. The lowest BCUT2D eigenvalue weighted by atomic mass is 10.2. The van der Waals surface area contributed by atoms with E-state index in [0.29, 0.717) is 12.1 Å². The summed E-state index contributed by atoms with van der Waals surface area (Å²) < 4.78 is 64.2. The minimum atomic E-state index is -4.56. The van der Waals surface area contributed by atoms with E-state index in [2.05, 4.69) is 0 Å². The quantitative estimate of drug-likeness (QED) is 0.771. The summed E-state index contributed by atoms with van der Waals surface area (Å²) in [6, 6.07) is 4.95. The second-order valence-corrected chi connectivity index (χ2v) is 7.21. The minimum Gasteiger partial charge on any atom is -0.478 e. The van der Waals surface area contributed by atoms with Crippen molar-refractivity contribution in [3.8, 4) is 0 Å². The number of rotatable bonds is 4. The summed E-state index contributed by atoms with van der Waals surface area (Å²) in [5.74, 6) is -1.47. The van der Waals surface area contributed by atoms with E-state index in [1.54, 1.807) is 0 Å². The van der Waals surface area contributed by atoms with Crippen molar-refractivity contribution >= 4 is 44.9 Å². The summed E-state index contributed by atoms with van der Waals surface area (Å²) in [7, 11) is -4.35. The number of benzene rings is 2. The molecule has 0 atom stereocenters. The van der Waals surface area contributed by atoms with E-state index < -0.39 is 38.2 Å². The van der Waals surface area contributed by atoms with Crippen LogP contribution in [0.25, 0.3) is 0 Å². The highest BCUT2D eigenvalue weighted by atomic mass is 35.5. The van der Waals surface area contributed by atoms with Crippen LogP contribution < -0.4 is 4.72 Å². The summed E-state index contributed by atoms with van der Waals surface area (Å²) in [5.41, 5.74) is -1.59. The summed E-state index contributed by atoms with van der Waals surface area (Å²) in [6.07, 6.45) is -4.56. The molecule has 2 rings (SSSR count). The lowest BCUT2D eigenvalue weighted by molar-refractivity contribution is -0.137. The van der Waals surface area contributed by atoms with Crippen molar-refractivity contribution in [3.05, 3.63) is 57.6 Å². The van der Waals surface area contributed by atoms with Gasteiger partial charge in [0.15, 0.2) is 0 Å². The van der Waals surface area contributed by atoms with Crippen molar-refractivity contribution in [1.29, 1.82) is 0 Å². The third-order valence-corrected chi connectivity index (χ3v) is 5.16. The van der Waals surface area contributed by atoms with Crippen LogP contribution in [0.3, 0.4) is 0 Å². The Morgan fingerprint density at radius 1 is 1.04 bits per heavy atom. The summed E-state index contributed by atoms with van der Waals surface area (Å²) in [4.78, 5) is 10.5. The molecule has 134 valence electrons. The van der Waals surface area contributed by atoms with Gasteiger partial charge in [0.25, 0.3) is 10.0 Å². The summed E-state index contributed by atoms with van der Waals surface area (Å²) in [6.45, 7) is 0. The third kappa shape index (κ3) is 4.36. The fourth-order valence-corrected chi connectivity index (χ4v) is 3.75. The van der Waals surface area contributed by atoms with Crippen molar-refractivity contribution in [2.24, 2.45) is 0 Å². The average molecular weight is 414 g/mol. The van der Waals surface area contributed by atoms with Crippen LogP contribution >= 0.6 is 23.2 Å². The van der Waals surface area contributed by atoms with Gasteiger partial charge in [-0.1, -0.05) is 23.2 Å². The molecule has 0 saturated heterocycles. The van der Waals surface area contributed by atoms with Gasteiger partial charge in [0.1, 0.15) is 4.90 Å². The zero-order valence-electron chi connectivity index (χ0n) is 11.9. The predicted octanol–water partition coefficient (Wildman–Crippen LogP) is 4.51. The lowest BCUT2D eigenvalue weighted by Crippen LogP contribution is -2.15. The van der Waals surface area contributed by atoms with Crippen LogP contribution in [0.4, 0.5) is 18.9 Å². The first kappa shape index (κ1) is 19.4. The molecule has 0 aliphatic carbocycles. The van der Waals surface area contributed by atoms with Gasteiger partial charge < -0.3 is 5.11 Å². The zero-order chi connectivity index (χ0) is 19.0. The molecule has 0 bridgehead atoms. The lowest BCUT2D eigenvalue weighted by Gasteiger charge is -2.12. The summed E-state index contributed by atoms with van der Waals surface area (Å²) in [5, 5.41) is 8.40. The first-order chi connectivity index (χ1) is 11.4. The molecule has 2 aromatic carbocycles. The van der Waals surface area contributed by atoms with Gasteiger partial charge in [0.2, 0.25) is 0 Å². The molecular weight excluding hydrogens is 406 g/mol. The highest BCUT2D eigenvalue weighted by molar-refractivity contribution is 7.92. The van der Waals surface area contributed by atoms with E-state index in [1.165, 1.54) is 0 Å². The fourth-order valence-electron chi connectivity index (χ4n) is 1.84. The Kier molecular flexibility index (Phi) is 5.22. The molecule has 0 amide bonds. The molecule has 2 N–H and O–H groups in total. The van der Waals surface area contributed by atoms with E-state index in [-0.39, 0.29) is 15.7 Å². The molecule has 0 aliphatic heterocycles. The van der Waals surface area contributed by atoms with Gasteiger partial charge in [-0.05, 0) is 36.4 Å². The predicted molar refractivity (Wildman–Crippen MR) is 85.7 cm³/mol. The number of anilines is 1. The van der Waals surface area contributed by atoms with Gasteiger partial charge in [0.05, 0.1) is 21.2 Å². The number of carbonyl (C=O) groups is 1. The van der Waals surface area contributed by atoms with Crippen molar-refractivity contribution in [2.45, 2.75) is 11.1 Å². The smallest absolute Gasteiger partial charge is 0.416 e. The van der Waals surface area contributed by atoms with Crippen molar-refractivity contribution in [3.63, 3.8) is 0 Å². The second-order valence-electron chi connectivity index (χ2n) is 4.75. The van der Waals surface area contributed by atoms with Crippen LogP contribution in [0, 0.1) is 0 Å². The van der Waals surface area contributed by atoms with Crippen LogP contribution in [0.15, 0.2) is 41.3 Å². The SMILES string of the molecule is O=C(O)c1cc(S(=O)(=O)Nc2ccc(C(F)(F)F)cc2)c(Cl)cc1Cl. The number of carboxylic acid groups (broad SMARTS) is 1. The largest absolute Gasteiger partial charge is 0.478 e. The van der Waals surface area contributed by atoms with Gasteiger partial charge in [-0.15, -0.1) is 0 Å². The van der Waals surface area contributed by atoms with Crippen molar-refractivity contribution < 1.29 is 31.5 Å². The van der Waals surface area contributed by atoms with Crippen LogP contribution in [0.1, 0.15) is 15.9 Å². The Labute approximate surface area is 150 Å². The van der Waals surface area contributed by atoms with Gasteiger partial charge >= 0.3 is 12.1 Å². The first-order valence-corrected chi connectivity index (χ1v) is 8.58. The monoisotopic (exact) mass is 413 g/mol. The minimum absolute atomic E-state index is 0.157. The van der Waals surface area contributed by atoms with Crippen molar-refractivity contribution in [1.82, 2.24) is 0 Å². The maximum atomic E-state index is 12.5. The Morgan fingerprint density at radius 2 is 1.60 bits per heavy atom. The van der Waals surface area contributed by atoms with Crippen LogP contribution in [0.2, 0.25) is 10.0 Å². The topological polar surface area (TPSA) is 83.5 Å². The van der Waals surface area contributed by atoms with Crippen LogP contribution in [-0.4, -0.2) is 19.5 Å². The maximum absolute atomic E-state index is 12.5. The number of alkyl halides is 3. The highest BCUT2D eigenvalue weighted by Gasteiger charge is 2.30. The van der Waals surface area contributed by atoms with Crippen molar-refractivity contribution in [2.75, 3.05) is 4.72 Å². The van der Waals surface area contributed by atoms with E-state index in [0.717, 1.165) is 24.3 Å². The number of aromatic carboxylic acids is 1. The van der Waals surface area contributed by atoms with E-state index in [9.17, 15) is 26.4 Å². The van der Waals surface area contributed by atoms with E-state index in [4.69, 9.17) is 28.3 Å². The van der Waals surface area contributed by atoms with E-state index in [1.807, 2.05) is 4.72 Å². The number of sulfonamides is 1. The molecule has 0 heterocycles. The maximum Gasteiger partial charge on any atom is 0.416 e. The molecule has 0 aromatic heterocycles. The molecule has 0 radical (unpaired) electrons. The molecule has 0 fully saturated rings. The average Bonchev–Trinajstić information content (AvgIpc) is 2.45. The fraction of sp³-hybridized carbons (Fsp3) is 0.0714. The number of hydrogen-bond donors (Lipinski definition) is 2.